The molecular formula is C12H13BrN2O4. The Bertz CT molecular complexity index is 499. The van der Waals surface area contributed by atoms with E-state index in [2.05, 4.69) is 15.9 Å². The molecule has 0 fully saturated rings. The molecule has 0 saturated heterocycles. The van der Waals surface area contributed by atoms with Gasteiger partial charge in [-0.3, -0.25) is 10.1 Å². The lowest BCUT2D eigenvalue weighted by molar-refractivity contribution is -0.385. The minimum atomic E-state index is -0.460. The molecule has 0 saturated carbocycles. The molecule has 19 heavy (non-hydrogen) atoms. The van der Waals surface area contributed by atoms with Crippen molar-refractivity contribution in [3.8, 4) is 17.6 Å². The molecule has 0 unspecified atom stereocenters. The van der Waals surface area contributed by atoms with Crippen LogP contribution in [0.15, 0.2) is 12.1 Å². The van der Waals surface area contributed by atoms with Crippen LogP contribution in [0.5, 0.6) is 11.5 Å². The molecule has 0 aliphatic heterocycles. The Morgan fingerprint density at radius 1 is 1.47 bits per heavy atom. The second-order valence-electron chi connectivity index (χ2n) is 3.63. The molecule has 0 aliphatic rings. The second-order valence-corrected chi connectivity index (χ2v) is 4.19. The van der Waals surface area contributed by atoms with Crippen LogP contribution in [-0.4, -0.2) is 18.6 Å². The summed E-state index contributed by atoms with van der Waals surface area (Å²) in [6.07, 6.45) is 0.942. The number of rotatable bonds is 7. The molecule has 0 aliphatic carbocycles. The van der Waals surface area contributed by atoms with Crippen LogP contribution in [0, 0.1) is 21.4 Å². The number of nitriles is 1. The van der Waals surface area contributed by atoms with Gasteiger partial charge in [0, 0.05) is 17.3 Å². The van der Waals surface area contributed by atoms with Crippen molar-refractivity contribution in [1.29, 1.82) is 5.26 Å². The van der Waals surface area contributed by atoms with Crippen molar-refractivity contribution in [1.82, 2.24) is 0 Å². The minimum absolute atomic E-state index is 0.0204. The molecule has 0 amide bonds. The normalized spacial score (nSPS) is 9.74. The quantitative estimate of drug-likeness (QED) is 0.332. The largest absolute Gasteiger partial charge is 0.493 e. The first kappa shape index (κ1) is 15.2. The van der Waals surface area contributed by atoms with Crippen LogP contribution in [0.3, 0.4) is 0 Å². The SMILES string of the molecule is COc1cc(CBr)c([N+](=O)[O-])cc1OCCCC#N. The van der Waals surface area contributed by atoms with Crippen LogP contribution in [0.1, 0.15) is 18.4 Å². The molecule has 7 heteroatoms. The molecule has 0 N–H and O–H groups in total. The van der Waals surface area contributed by atoms with E-state index < -0.39 is 4.92 Å². The Hall–Kier alpha value is -1.81. The van der Waals surface area contributed by atoms with Crippen molar-refractivity contribution in [2.75, 3.05) is 13.7 Å². The molecule has 0 bridgehead atoms. The molecule has 1 aromatic carbocycles. The minimum Gasteiger partial charge on any atom is -0.493 e. The van der Waals surface area contributed by atoms with Gasteiger partial charge in [-0.1, -0.05) is 15.9 Å². The van der Waals surface area contributed by atoms with Gasteiger partial charge in [0.25, 0.3) is 5.69 Å². The maximum absolute atomic E-state index is 11.0. The number of halogens is 1. The lowest BCUT2D eigenvalue weighted by atomic mass is 10.2. The van der Waals surface area contributed by atoms with E-state index in [4.69, 9.17) is 14.7 Å². The van der Waals surface area contributed by atoms with Crippen LogP contribution in [0.2, 0.25) is 0 Å². The zero-order valence-electron chi connectivity index (χ0n) is 10.4. The number of nitro benzene ring substituents is 1. The Morgan fingerprint density at radius 2 is 2.21 bits per heavy atom. The van der Waals surface area contributed by atoms with Crippen LogP contribution in [-0.2, 0) is 5.33 Å². The van der Waals surface area contributed by atoms with Gasteiger partial charge >= 0.3 is 0 Å². The average Bonchev–Trinajstić information content (AvgIpc) is 2.42. The fourth-order valence-electron chi connectivity index (χ4n) is 1.47. The van der Waals surface area contributed by atoms with E-state index >= 15 is 0 Å². The van der Waals surface area contributed by atoms with E-state index in [-0.39, 0.29) is 5.69 Å². The highest BCUT2D eigenvalue weighted by Gasteiger charge is 2.18. The molecule has 6 nitrogen and oxygen atoms in total. The summed E-state index contributed by atoms with van der Waals surface area (Å²) in [6, 6.07) is 4.93. The molecule has 1 rings (SSSR count). The van der Waals surface area contributed by atoms with Gasteiger partial charge in [-0.05, 0) is 12.5 Å². The smallest absolute Gasteiger partial charge is 0.277 e. The van der Waals surface area contributed by atoms with E-state index in [0.717, 1.165) is 0 Å². The first-order valence-corrected chi connectivity index (χ1v) is 6.67. The van der Waals surface area contributed by atoms with Crippen molar-refractivity contribution in [2.45, 2.75) is 18.2 Å². The summed E-state index contributed by atoms with van der Waals surface area (Å²) in [7, 11) is 1.47. The first-order valence-electron chi connectivity index (χ1n) is 5.55. The summed E-state index contributed by atoms with van der Waals surface area (Å²) in [5.41, 5.74) is 0.499. The van der Waals surface area contributed by atoms with Gasteiger partial charge in [-0.25, -0.2) is 0 Å². The number of ether oxygens (including phenoxy) is 2. The van der Waals surface area contributed by atoms with E-state index in [1.54, 1.807) is 6.07 Å². The number of benzene rings is 1. The van der Waals surface area contributed by atoms with Gasteiger partial charge < -0.3 is 9.47 Å². The van der Waals surface area contributed by atoms with Crippen LogP contribution in [0.4, 0.5) is 5.69 Å². The molecule has 0 radical (unpaired) electrons. The Labute approximate surface area is 119 Å². The molecule has 102 valence electrons. The van der Waals surface area contributed by atoms with Gasteiger partial charge in [-0.2, -0.15) is 5.26 Å². The summed E-state index contributed by atoms with van der Waals surface area (Å²) in [6.45, 7) is 0.314. The van der Waals surface area contributed by atoms with Gasteiger partial charge in [0.1, 0.15) is 0 Å². The predicted molar refractivity (Wildman–Crippen MR) is 72.6 cm³/mol. The highest BCUT2D eigenvalue weighted by atomic mass is 79.9. The van der Waals surface area contributed by atoms with Gasteiger partial charge in [0.2, 0.25) is 0 Å². The Kier molecular flexibility index (Phi) is 6.09. The van der Waals surface area contributed by atoms with E-state index in [9.17, 15) is 10.1 Å². The van der Waals surface area contributed by atoms with Gasteiger partial charge in [-0.15, -0.1) is 0 Å². The van der Waals surface area contributed by atoms with E-state index in [1.807, 2.05) is 6.07 Å². The number of nitrogens with zero attached hydrogens (tertiary/aromatic N) is 2. The van der Waals surface area contributed by atoms with Crippen molar-refractivity contribution >= 4 is 21.6 Å². The number of alkyl halides is 1. The Balaban J connectivity index is 2.98. The molecule has 0 aromatic heterocycles. The number of methoxy groups -OCH3 is 1. The fraction of sp³-hybridized carbons (Fsp3) is 0.417. The number of hydrogen-bond acceptors (Lipinski definition) is 5. The first-order chi connectivity index (χ1) is 9.13. The van der Waals surface area contributed by atoms with Crippen molar-refractivity contribution in [3.63, 3.8) is 0 Å². The maximum Gasteiger partial charge on any atom is 0.277 e. The van der Waals surface area contributed by atoms with Crippen molar-refractivity contribution in [2.24, 2.45) is 0 Å². The van der Waals surface area contributed by atoms with Crippen LogP contribution >= 0.6 is 15.9 Å². The molecule has 1 aromatic rings. The second kappa shape index (κ2) is 7.59. The number of hydrogen-bond donors (Lipinski definition) is 0. The third kappa shape index (κ3) is 4.10. The van der Waals surface area contributed by atoms with E-state index in [0.29, 0.717) is 41.8 Å². The lowest BCUT2D eigenvalue weighted by Crippen LogP contribution is -2.02. The third-order valence-electron chi connectivity index (χ3n) is 2.40. The third-order valence-corrected chi connectivity index (χ3v) is 3.00. The molecule has 0 heterocycles. The molecule has 0 atom stereocenters. The molecular weight excluding hydrogens is 316 g/mol. The standard InChI is InChI=1S/C12H13BrN2O4/c1-18-11-6-9(8-13)10(15(16)17)7-12(11)19-5-3-2-4-14/h6-7H,2-3,5,8H2,1H3. The highest BCUT2D eigenvalue weighted by Crippen LogP contribution is 2.35. The summed E-state index contributed by atoms with van der Waals surface area (Å²) in [5, 5.41) is 19.7. The average molecular weight is 329 g/mol. The zero-order chi connectivity index (χ0) is 14.3. The van der Waals surface area contributed by atoms with Gasteiger partial charge in [0.05, 0.1) is 30.8 Å². The van der Waals surface area contributed by atoms with Gasteiger partial charge in [0.15, 0.2) is 11.5 Å². The molecule has 0 spiro atoms. The van der Waals surface area contributed by atoms with Crippen molar-refractivity contribution < 1.29 is 14.4 Å². The monoisotopic (exact) mass is 328 g/mol. The van der Waals surface area contributed by atoms with E-state index in [1.165, 1.54) is 13.2 Å². The highest BCUT2D eigenvalue weighted by molar-refractivity contribution is 9.08. The van der Waals surface area contributed by atoms with Crippen molar-refractivity contribution in [3.05, 3.63) is 27.8 Å². The maximum atomic E-state index is 11.0. The Morgan fingerprint density at radius 3 is 2.74 bits per heavy atom. The predicted octanol–water partition coefficient (Wildman–Crippen LogP) is 3.18. The summed E-state index contributed by atoms with van der Waals surface area (Å²) in [4.78, 5) is 10.5. The topological polar surface area (TPSA) is 85.4 Å². The zero-order valence-corrected chi connectivity index (χ0v) is 12.0. The lowest BCUT2D eigenvalue weighted by Gasteiger charge is -2.11. The number of unbranched alkanes of at least 4 members (excludes halogenated alkanes) is 1. The number of nitro groups is 1. The fourth-order valence-corrected chi connectivity index (χ4v) is 1.92. The summed E-state index contributed by atoms with van der Waals surface area (Å²) >= 11 is 3.20. The van der Waals surface area contributed by atoms with Crippen LogP contribution < -0.4 is 9.47 Å². The summed E-state index contributed by atoms with van der Waals surface area (Å²) in [5.74, 6) is 0.758. The van der Waals surface area contributed by atoms with Crippen LogP contribution in [0.25, 0.3) is 0 Å². The summed E-state index contributed by atoms with van der Waals surface area (Å²) < 4.78 is 10.6.